The van der Waals surface area contributed by atoms with Crippen LogP contribution < -0.4 is 10.6 Å². The van der Waals surface area contributed by atoms with E-state index in [9.17, 15) is 4.79 Å². The molecule has 0 bridgehead atoms. The van der Waals surface area contributed by atoms with E-state index in [1.165, 1.54) is 11.1 Å². The molecule has 1 amide bonds. The summed E-state index contributed by atoms with van der Waals surface area (Å²) in [6.45, 7) is 8.29. The lowest BCUT2D eigenvalue weighted by Crippen LogP contribution is -2.35. The maximum Gasteiger partial charge on any atom is 0.224 e. The van der Waals surface area contributed by atoms with E-state index in [2.05, 4.69) is 49.6 Å². The van der Waals surface area contributed by atoms with Gasteiger partial charge in [-0.2, -0.15) is 0 Å². The van der Waals surface area contributed by atoms with Gasteiger partial charge in [0, 0.05) is 6.54 Å². The molecule has 21 heavy (non-hydrogen) atoms. The Hall–Kier alpha value is -1.06. The van der Waals surface area contributed by atoms with Gasteiger partial charge in [0.2, 0.25) is 5.91 Å². The van der Waals surface area contributed by atoms with E-state index in [4.69, 9.17) is 0 Å². The van der Waals surface area contributed by atoms with E-state index in [1.807, 2.05) is 6.07 Å². The first-order valence-corrected chi connectivity index (χ1v) is 7.64. The van der Waals surface area contributed by atoms with Gasteiger partial charge in [-0.05, 0) is 43.4 Å². The molecule has 1 heterocycles. The molecule has 118 valence electrons. The van der Waals surface area contributed by atoms with Crippen LogP contribution in [0.1, 0.15) is 43.9 Å². The summed E-state index contributed by atoms with van der Waals surface area (Å²) in [5.41, 5.74) is 2.50. The quantitative estimate of drug-likeness (QED) is 0.876. The first-order valence-electron chi connectivity index (χ1n) is 7.64. The maximum absolute atomic E-state index is 12.4. The molecule has 1 fully saturated rings. The van der Waals surface area contributed by atoms with Crippen LogP contribution in [0.4, 0.5) is 0 Å². The molecule has 1 aliphatic heterocycles. The predicted octanol–water partition coefficient (Wildman–Crippen LogP) is 3.23. The Labute approximate surface area is 134 Å². The number of halogens is 1. The molecule has 0 radical (unpaired) electrons. The van der Waals surface area contributed by atoms with E-state index >= 15 is 0 Å². The van der Waals surface area contributed by atoms with Crippen molar-refractivity contribution in [2.75, 3.05) is 13.1 Å². The Balaban J connectivity index is 0.00000220. The first-order chi connectivity index (χ1) is 9.58. The Morgan fingerprint density at radius 2 is 2.10 bits per heavy atom. The summed E-state index contributed by atoms with van der Waals surface area (Å²) in [5, 5.41) is 6.53. The van der Waals surface area contributed by atoms with E-state index in [1.54, 1.807) is 0 Å². The largest absolute Gasteiger partial charge is 0.349 e. The Kier molecular flexibility index (Phi) is 7.20. The van der Waals surface area contributed by atoms with Crippen LogP contribution in [-0.4, -0.2) is 19.0 Å². The van der Waals surface area contributed by atoms with E-state index in [0.29, 0.717) is 5.92 Å². The molecule has 1 aromatic carbocycles. The maximum atomic E-state index is 12.4. The van der Waals surface area contributed by atoms with Gasteiger partial charge in [-0.3, -0.25) is 4.79 Å². The van der Waals surface area contributed by atoms with Crippen molar-refractivity contribution in [1.29, 1.82) is 0 Å². The van der Waals surface area contributed by atoms with Crippen LogP contribution in [0.5, 0.6) is 0 Å². The van der Waals surface area contributed by atoms with Crippen molar-refractivity contribution in [2.45, 2.75) is 39.7 Å². The van der Waals surface area contributed by atoms with Crippen LogP contribution in [-0.2, 0) is 4.79 Å². The summed E-state index contributed by atoms with van der Waals surface area (Å²) < 4.78 is 0. The Bertz CT molecular complexity index is 456. The molecule has 1 aliphatic rings. The van der Waals surface area contributed by atoms with Crippen molar-refractivity contribution in [1.82, 2.24) is 10.6 Å². The van der Waals surface area contributed by atoms with Gasteiger partial charge >= 0.3 is 0 Å². The number of carbonyl (C=O) groups is 1. The molecule has 0 spiro atoms. The van der Waals surface area contributed by atoms with Crippen LogP contribution in [0, 0.1) is 18.8 Å². The normalized spacial score (nSPS) is 19.1. The zero-order valence-corrected chi connectivity index (χ0v) is 14.0. The molecule has 0 aromatic heterocycles. The molecule has 2 atom stereocenters. The van der Waals surface area contributed by atoms with Crippen molar-refractivity contribution in [3.8, 4) is 0 Å². The Morgan fingerprint density at radius 1 is 1.38 bits per heavy atom. The van der Waals surface area contributed by atoms with Crippen molar-refractivity contribution in [3.63, 3.8) is 0 Å². The van der Waals surface area contributed by atoms with Crippen LogP contribution >= 0.6 is 12.4 Å². The van der Waals surface area contributed by atoms with Gasteiger partial charge < -0.3 is 10.6 Å². The zero-order valence-electron chi connectivity index (χ0n) is 13.2. The minimum Gasteiger partial charge on any atom is -0.349 e. The summed E-state index contributed by atoms with van der Waals surface area (Å²) in [6, 6.07) is 8.48. The second-order valence-electron chi connectivity index (χ2n) is 6.24. The fourth-order valence-electron chi connectivity index (χ4n) is 2.88. The van der Waals surface area contributed by atoms with Gasteiger partial charge in [-0.15, -0.1) is 12.4 Å². The topological polar surface area (TPSA) is 41.1 Å². The molecule has 2 rings (SSSR count). The van der Waals surface area contributed by atoms with Crippen LogP contribution in [0.2, 0.25) is 0 Å². The van der Waals surface area contributed by atoms with Gasteiger partial charge in [0.25, 0.3) is 0 Å². The number of carbonyl (C=O) groups excluding carboxylic acids is 1. The highest BCUT2D eigenvalue weighted by molar-refractivity contribution is 5.85. The summed E-state index contributed by atoms with van der Waals surface area (Å²) in [6.07, 6.45) is 1.94. The fourth-order valence-corrected chi connectivity index (χ4v) is 2.88. The molecule has 0 saturated carbocycles. The van der Waals surface area contributed by atoms with Crippen molar-refractivity contribution >= 4 is 18.3 Å². The monoisotopic (exact) mass is 310 g/mol. The highest BCUT2D eigenvalue weighted by Crippen LogP contribution is 2.25. The number of nitrogens with one attached hydrogen (secondary N) is 2. The smallest absolute Gasteiger partial charge is 0.224 e. The average molecular weight is 311 g/mol. The molecular formula is C17H27ClN2O. The Morgan fingerprint density at radius 3 is 2.67 bits per heavy atom. The number of rotatable bonds is 5. The first kappa shape index (κ1) is 18.0. The average Bonchev–Trinajstić information content (AvgIpc) is 2.92. The molecule has 4 heteroatoms. The van der Waals surface area contributed by atoms with Crippen LogP contribution in [0.3, 0.4) is 0 Å². The highest BCUT2D eigenvalue weighted by atomic mass is 35.5. The highest BCUT2D eigenvalue weighted by Gasteiger charge is 2.25. The summed E-state index contributed by atoms with van der Waals surface area (Å²) >= 11 is 0. The van der Waals surface area contributed by atoms with Gasteiger partial charge in [-0.1, -0.05) is 38.1 Å². The second-order valence-corrected chi connectivity index (χ2v) is 6.24. The number of hydrogen-bond acceptors (Lipinski definition) is 2. The molecule has 2 N–H and O–H groups in total. The predicted molar refractivity (Wildman–Crippen MR) is 89.7 cm³/mol. The van der Waals surface area contributed by atoms with Crippen molar-refractivity contribution in [2.24, 2.45) is 11.8 Å². The van der Waals surface area contributed by atoms with Crippen LogP contribution in [0.25, 0.3) is 0 Å². The fraction of sp³-hybridized carbons (Fsp3) is 0.588. The lowest BCUT2D eigenvalue weighted by Gasteiger charge is -2.24. The standard InChI is InChI=1S/C17H26N2O.ClH/c1-12(2)10-16(15-7-5-4-6-13(15)3)19-17(20)14-8-9-18-11-14;/h4-7,12,14,16,18H,8-11H2,1-3H3,(H,19,20);1H. The zero-order chi connectivity index (χ0) is 14.5. The third-order valence-electron chi connectivity index (χ3n) is 4.02. The van der Waals surface area contributed by atoms with E-state index in [0.717, 1.165) is 25.9 Å². The molecule has 1 aromatic rings. The van der Waals surface area contributed by atoms with E-state index < -0.39 is 0 Å². The third kappa shape index (κ3) is 5.01. The SMILES string of the molecule is Cc1ccccc1C(CC(C)C)NC(=O)C1CCNC1.Cl. The number of amides is 1. The number of benzene rings is 1. The van der Waals surface area contributed by atoms with Crippen LogP contribution in [0.15, 0.2) is 24.3 Å². The van der Waals surface area contributed by atoms with Gasteiger partial charge in [-0.25, -0.2) is 0 Å². The molecular weight excluding hydrogens is 284 g/mol. The lowest BCUT2D eigenvalue weighted by atomic mass is 9.93. The van der Waals surface area contributed by atoms with Crippen molar-refractivity contribution < 1.29 is 4.79 Å². The molecule has 0 aliphatic carbocycles. The number of aryl methyl sites for hydroxylation is 1. The summed E-state index contributed by atoms with van der Waals surface area (Å²) in [7, 11) is 0. The summed E-state index contributed by atoms with van der Waals surface area (Å²) in [5.74, 6) is 0.888. The van der Waals surface area contributed by atoms with Gasteiger partial charge in [0.1, 0.15) is 0 Å². The molecule has 3 nitrogen and oxygen atoms in total. The van der Waals surface area contributed by atoms with Gasteiger partial charge in [0.05, 0.1) is 12.0 Å². The third-order valence-corrected chi connectivity index (χ3v) is 4.02. The second kappa shape index (κ2) is 8.40. The minimum absolute atomic E-state index is 0. The summed E-state index contributed by atoms with van der Waals surface area (Å²) in [4.78, 5) is 12.4. The number of hydrogen-bond donors (Lipinski definition) is 2. The van der Waals surface area contributed by atoms with E-state index in [-0.39, 0.29) is 30.3 Å². The van der Waals surface area contributed by atoms with Crippen molar-refractivity contribution in [3.05, 3.63) is 35.4 Å². The molecule has 1 saturated heterocycles. The lowest BCUT2D eigenvalue weighted by molar-refractivity contribution is -0.125. The minimum atomic E-state index is 0. The molecule has 2 unspecified atom stereocenters. The van der Waals surface area contributed by atoms with Gasteiger partial charge in [0.15, 0.2) is 0 Å².